The van der Waals surface area contributed by atoms with Gasteiger partial charge in [0.15, 0.2) is 0 Å². The summed E-state index contributed by atoms with van der Waals surface area (Å²) in [5.74, 6) is 0.707. The second-order valence-corrected chi connectivity index (χ2v) is 6.14. The fourth-order valence-electron chi connectivity index (χ4n) is 2.95. The third kappa shape index (κ3) is 3.14. The lowest BCUT2D eigenvalue weighted by atomic mass is 10.1. The van der Waals surface area contributed by atoms with Crippen LogP contribution in [0.1, 0.15) is 24.1 Å². The predicted octanol–water partition coefficient (Wildman–Crippen LogP) is 3.48. The van der Waals surface area contributed by atoms with Gasteiger partial charge in [0, 0.05) is 17.0 Å². The molecule has 4 aromatic rings. The highest BCUT2D eigenvalue weighted by Crippen LogP contribution is 2.25. The number of nitrogens with one attached hydrogen (secondary N) is 1. The summed E-state index contributed by atoms with van der Waals surface area (Å²) < 4.78 is 1.72. The number of benzene rings is 2. The zero-order chi connectivity index (χ0) is 17.9. The van der Waals surface area contributed by atoms with Crippen molar-refractivity contribution >= 4 is 16.7 Å². The summed E-state index contributed by atoms with van der Waals surface area (Å²) in [5, 5.41) is 18.3. The molecule has 4 rings (SSSR count). The fourth-order valence-corrected chi connectivity index (χ4v) is 2.95. The molecule has 0 unspecified atom stereocenters. The van der Waals surface area contributed by atoms with E-state index in [0.29, 0.717) is 5.82 Å². The molecule has 130 valence electrons. The molecule has 0 saturated heterocycles. The predicted molar refractivity (Wildman–Crippen MR) is 101 cm³/mol. The van der Waals surface area contributed by atoms with E-state index in [2.05, 4.69) is 27.3 Å². The summed E-state index contributed by atoms with van der Waals surface area (Å²) in [7, 11) is 0. The van der Waals surface area contributed by atoms with Gasteiger partial charge in [0.05, 0.1) is 17.8 Å². The monoisotopic (exact) mass is 345 g/mol. The highest BCUT2D eigenvalue weighted by atomic mass is 16.3. The van der Waals surface area contributed by atoms with Gasteiger partial charge in [-0.2, -0.15) is 5.10 Å². The smallest absolute Gasteiger partial charge is 0.138 e. The van der Waals surface area contributed by atoms with E-state index in [0.717, 1.165) is 27.7 Å². The van der Waals surface area contributed by atoms with E-state index in [4.69, 9.17) is 0 Å². The molecule has 0 aliphatic carbocycles. The molecule has 0 aliphatic heterocycles. The number of hydrogen-bond acceptors (Lipinski definition) is 5. The fraction of sp³-hybridized carbons (Fsp3) is 0.150. The minimum atomic E-state index is -0.0574. The Balaban J connectivity index is 1.59. The van der Waals surface area contributed by atoms with Crippen LogP contribution in [0.4, 0.5) is 5.82 Å². The molecule has 6 nitrogen and oxygen atoms in total. The number of aliphatic hydroxyl groups excluding tert-OH is 1. The molecule has 2 aromatic heterocycles. The van der Waals surface area contributed by atoms with E-state index in [1.807, 2.05) is 54.6 Å². The van der Waals surface area contributed by atoms with Crippen LogP contribution in [0.15, 0.2) is 67.3 Å². The molecule has 2 N–H and O–H groups in total. The van der Waals surface area contributed by atoms with Crippen molar-refractivity contribution in [2.24, 2.45) is 0 Å². The molecule has 0 amide bonds. The average Bonchev–Trinajstić information content (AvgIpc) is 3.22. The van der Waals surface area contributed by atoms with Crippen LogP contribution in [-0.4, -0.2) is 24.9 Å². The minimum Gasteiger partial charge on any atom is -0.392 e. The summed E-state index contributed by atoms with van der Waals surface area (Å²) in [6.45, 7) is 2.01. The standard InChI is InChI=1S/C20H19N5O/c1-14(15-6-8-18(9-7-15)25-13-21-12-22-25)23-20-17(11-26)10-16-4-2-3-5-19(16)24-20/h2-10,12-14,26H,11H2,1H3,(H,23,24)/t14-/m1/s1. The quantitative estimate of drug-likeness (QED) is 0.579. The molecule has 0 spiro atoms. The van der Waals surface area contributed by atoms with E-state index >= 15 is 0 Å². The van der Waals surface area contributed by atoms with Gasteiger partial charge in [-0.15, -0.1) is 0 Å². The largest absolute Gasteiger partial charge is 0.392 e. The number of rotatable bonds is 5. The van der Waals surface area contributed by atoms with E-state index in [1.54, 1.807) is 11.0 Å². The Hall–Kier alpha value is -3.25. The SMILES string of the molecule is C[C@@H](Nc1nc2ccccc2cc1CO)c1ccc(-n2cncn2)cc1. The van der Waals surface area contributed by atoms with Gasteiger partial charge in [-0.05, 0) is 36.8 Å². The normalized spacial score (nSPS) is 12.2. The van der Waals surface area contributed by atoms with Gasteiger partial charge in [-0.25, -0.2) is 14.6 Å². The van der Waals surface area contributed by atoms with Crippen molar-refractivity contribution in [2.75, 3.05) is 5.32 Å². The van der Waals surface area contributed by atoms with Gasteiger partial charge >= 0.3 is 0 Å². The summed E-state index contributed by atoms with van der Waals surface area (Å²) >= 11 is 0. The average molecular weight is 345 g/mol. The summed E-state index contributed by atoms with van der Waals surface area (Å²) in [4.78, 5) is 8.64. The molecule has 0 saturated carbocycles. The maximum Gasteiger partial charge on any atom is 0.138 e. The zero-order valence-electron chi connectivity index (χ0n) is 14.4. The number of pyridine rings is 1. The highest BCUT2D eigenvalue weighted by molar-refractivity contribution is 5.81. The van der Waals surface area contributed by atoms with Crippen LogP contribution in [0.5, 0.6) is 0 Å². The molecule has 1 atom stereocenters. The Bertz CT molecular complexity index is 1010. The van der Waals surface area contributed by atoms with Gasteiger partial charge in [-0.1, -0.05) is 30.3 Å². The third-order valence-corrected chi connectivity index (χ3v) is 4.40. The number of anilines is 1. The van der Waals surface area contributed by atoms with Crippen molar-refractivity contribution in [3.63, 3.8) is 0 Å². The van der Waals surface area contributed by atoms with Gasteiger partial charge < -0.3 is 10.4 Å². The van der Waals surface area contributed by atoms with Crippen LogP contribution in [0.2, 0.25) is 0 Å². The molecule has 2 heterocycles. The molecule has 0 radical (unpaired) electrons. The number of fused-ring (bicyclic) bond motifs is 1. The molecule has 6 heteroatoms. The summed E-state index contributed by atoms with van der Waals surface area (Å²) in [5.41, 5.74) is 3.77. The van der Waals surface area contributed by atoms with Crippen molar-refractivity contribution in [3.05, 3.63) is 78.4 Å². The Kier molecular flexibility index (Phi) is 4.33. The lowest BCUT2D eigenvalue weighted by molar-refractivity contribution is 0.282. The highest BCUT2D eigenvalue weighted by Gasteiger charge is 2.11. The van der Waals surface area contributed by atoms with E-state index in [1.165, 1.54) is 6.33 Å². The number of para-hydroxylation sites is 1. The number of aliphatic hydroxyl groups is 1. The molecule has 0 aliphatic rings. The molecule has 0 fully saturated rings. The Morgan fingerprint density at radius 3 is 2.65 bits per heavy atom. The molecular weight excluding hydrogens is 326 g/mol. The first-order valence-corrected chi connectivity index (χ1v) is 8.45. The second kappa shape index (κ2) is 6.93. The molecule has 0 bridgehead atoms. The van der Waals surface area contributed by atoms with E-state index in [-0.39, 0.29) is 12.6 Å². The van der Waals surface area contributed by atoms with Crippen molar-refractivity contribution < 1.29 is 5.11 Å². The summed E-state index contributed by atoms with van der Waals surface area (Å²) in [6.07, 6.45) is 3.18. The Morgan fingerprint density at radius 2 is 1.92 bits per heavy atom. The van der Waals surface area contributed by atoms with Crippen molar-refractivity contribution in [3.8, 4) is 5.69 Å². The first kappa shape index (κ1) is 16.2. The Labute approximate surface area is 151 Å². The third-order valence-electron chi connectivity index (χ3n) is 4.40. The van der Waals surface area contributed by atoms with Crippen LogP contribution in [0.25, 0.3) is 16.6 Å². The zero-order valence-corrected chi connectivity index (χ0v) is 14.4. The van der Waals surface area contributed by atoms with Crippen LogP contribution in [-0.2, 0) is 6.61 Å². The number of nitrogens with zero attached hydrogens (tertiary/aromatic N) is 4. The molecule has 2 aromatic carbocycles. The number of hydrogen-bond donors (Lipinski definition) is 2. The van der Waals surface area contributed by atoms with E-state index < -0.39 is 0 Å². The van der Waals surface area contributed by atoms with Gasteiger partial charge in [0.1, 0.15) is 18.5 Å². The van der Waals surface area contributed by atoms with Crippen LogP contribution in [0.3, 0.4) is 0 Å². The van der Waals surface area contributed by atoms with E-state index in [9.17, 15) is 5.11 Å². The second-order valence-electron chi connectivity index (χ2n) is 6.14. The maximum absolute atomic E-state index is 9.71. The minimum absolute atomic E-state index is 0.0405. The van der Waals surface area contributed by atoms with Crippen LogP contribution in [0, 0.1) is 0 Å². The number of aromatic nitrogens is 4. The first-order chi connectivity index (χ1) is 12.7. The van der Waals surface area contributed by atoms with Crippen molar-refractivity contribution in [2.45, 2.75) is 19.6 Å². The molecule has 26 heavy (non-hydrogen) atoms. The topological polar surface area (TPSA) is 75.9 Å². The van der Waals surface area contributed by atoms with Crippen LogP contribution < -0.4 is 5.32 Å². The lowest BCUT2D eigenvalue weighted by Gasteiger charge is -2.18. The van der Waals surface area contributed by atoms with Crippen molar-refractivity contribution in [1.29, 1.82) is 0 Å². The van der Waals surface area contributed by atoms with Gasteiger partial charge in [0.25, 0.3) is 0 Å². The first-order valence-electron chi connectivity index (χ1n) is 8.45. The lowest BCUT2D eigenvalue weighted by Crippen LogP contribution is -2.10. The van der Waals surface area contributed by atoms with Gasteiger partial charge in [-0.3, -0.25) is 0 Å². The summed E-state index contributed by atoms with van der Waals surface area (Å²) in [6, 6.07) is 18.0. The molecular formula is C20H19N5O. The maximum atomic E-state index is 9.71. The van der Waals surface area contributed by atoms with Gasteiger partial charge in [0.2, 0.25) is 0 Å². The Morgan fingerprint density at radius 1 is 1.12 bits per heavy atom. The van der Waals surface area contributed by atoms with Crippen LogP contribution >= 0.6 is 0 Å². The van der Waals surface area contributed by atoms with Crippen molar-refractivity contribution in [1.82, 2.24) is 19.7 Å².